The Kier molecular flexibility index (Phi) is 18.8. The van der Waals surface area contributed by atoms with Crippen LogP contribution in [0.1, 0.15) is 55.1 Å². The maximum absolute atomic E-state index is 13.4. The second-order valence-electron chi connectivity index (χ2n) is 12.7. The minimum atomic E-state index is -1.74. The molecule has 3 rings (SSSR count). The first kappa shape index (κ1) is 47.7. The molecule has 1 aromatic carbocycles. The number of aromatic amines is 1. The Balaban J connectivity index is 1.62. The van der Waals surface area contributed by atoms with E-state index in [0.29, 0.717) is 17.1 Å². The minimum Gasteiger partial charge on any atom is -0.481 e. The molecule has 324 valence electrons. The van der Waals surface area contributed by atoms with Crippen molar-refractivity contribution in [2.24, 2.45) is 5.73 Å². The zero-order valence-corrected chi connectivity index (χ0v) is 33.6. The van der Waals surface area contributed by atoms with Crippen molar-refractivity contribution < 1.29 is 48.9 Å². The number of benzene rings is 1. The number of carboxylic acid groups (broad SMARTS) is 3. The lowest BCUT2D eigenvalue weighted by atomic mass is 10.1. The number of nitrogens with two attached hydrogens (primary N) is 2. The third kappa shape index (κ3) is 15.9. The van der Waals surface area contributed by atoms with Gasteiger partial charge >= 0.3 is 17.9 Å². The number of aliphatic carboxylic acids is 3. The van der Waals surface area contributed by atoms with Crippen LogP contribution in [0.2, 0.25) is 0 Å². The Labute approximate surface area is 348 Å². The third-order valence-corrected chi connectivity index (χ3v) is 10.6. The fraction of sp³-hybridized carbons (Fsp3) is 0.412. The molecule has 0 saturated carbocycles. The summed E-state index contributed by atoms with van der Waals surface area (Å²) in [7, 11) is 2.52. The van der Waals surface area contributed by atoms with Crippen LogP contribution < -0.4 is 48.9 Å². The van der Waals surface area contributed by atoms with Crippen molar-refractivity contribution in [1.82, 2.24) is 46.5 Å². The van der Waals surface area contributed by atoms with Gasteiger partial charge in [-0.2, -0.15) is 4.98 Å². The predicted octanol–water partition coefficient (Wildman–Crippen LogP) is -1.45. The fourth-order valence-electron chi connectivity index (χ4n) is 5.13. The Bertz CT molecular complexity index is 2110. The number of hydrogen-bond donors (Lipinski definition) is 13. The molecule has 4 atom stereocenters. The highest BCUT2D eigenvalue weighted by atomic mass is 33.1. The van der Waals surface area contributed by atoms with Crippen LogP contribution in [0.15, 0.2) is 35.3 Å². The van der Waals surface area contributed by atoms with Gasteiger partial charge in [0.15, 0.2) is 17.1 Å². The SMILES string of the molecule is CCSSC[C@H](NC(=O)[C@H](CC(=O)O)NC(=O)[C@H](CCCNC(=N)N)NC(=O)CC[C@H](NC(=O)c1ccc(NCc2cnc3nc(N)[nH]c(=O)c3n2)cc1)C(=O)O)C(=O)O. The Morgan fingerprint density at radius 1 is 0.867 bits per heavy atom. The van der Waals surface area contributed by atoms with Crippen molar-refractivity contribution in [2.45, 2.75) is 69.7 Å². The number of carbonyl (C=O) groups excluding carboxylic acids is 4. The van der Waals surface area contributed by atoms with E-state index in [1.807, 2.05) is 6.92 Å². The lowest BCUT2D eigenvalue weighted by Crippen LogP contribution is -2.56. The highest BCUT2D eigenvalue weighted by Crippen LogP contribution is 2.21. The smallest absolute Gasteiger partial charge is 0.327 e. The fourth-order valence-corrected chi connectivity index (χ4v) is 6.95. The summed E-state index contributed by atoms with van der Waals surface area (Å²) >= 11 is 0. The molecule has 2 heterocycles. The molecule has 4 amide bonds. The van der Waals surface area contributed by atoms with Crippen molar-refractivity contribution in [3.8, 4) is 0 Å². The number of nitrogen functional groups attached to an aromatic ring is 1. The summed E-state index contributed by atoms with van der Waals surface area (Å²) in [6, 6.07) is -0.177. The van der Waals surface area contributed by atoms with E-state index in [1.165, 1.54) is 39.9 Å². The van der Waals surface area contributed by atoms with Crippen molar-refractivity contribution in [3.63, 3.8) is 0 Å². The molecule has 0 bridgehead atoms. The molecule has 2 aromatic heterocycles. The van der Waals surface area contributed by atoms with E-state index in [9.17, 15) is 53.7 Å². The highest BCUT2D eigenvalue weighted by Gasteiger charge is 2.31. The Morgan fingerprint density at radius 3 is 2.17 bits per heavy atom. The zero-order chi connectivity index (χ0) is 44.4. The van der Waals surface area contributed by atoms with Gasteiger partial charge < -0.3 is 58.7 Å². The van der Waals surface area contributed by atoms with Gasteiger partial charge in [0, 0.05) is 35.7 Å². The monoisotopic (exact) mass is 875 g/mol. The van der Waals surface area contributed by atoms with Crippen LogP contribution >= 0.6 is 21.6 Å². The molecule has 26 heteroatoms. The number of rotatable bonds is 25. The maximum Gasteiger partial charge on any atom is 0.327 e. The van der Waals surface area contributed by atoms with Gasteiger partial charge in [0.2, 0.25) is 23.7 Å². The van der Waals surface area contributed by atoms with Crippen LogP contribution in [0.5, 0.6) is 0 Å². The van der Waals surface area contributed by atoms with E-state index in [-0.39, 0.29) is 60.3 Å². The predicted molar refractivity (Wildman–Crippen MR) is 220 cm³/mol. The average Bonchev–Trinajstić information content (AvgIpc) is 3.18. The van der Waals surface area contributed by atoms with E-state index < -0.39 is 90.5 Å². The first-order valence-electron chi connectivity index (χ1n) is 18.0. The highest BCUT2D eigenvalue weighted by molar-refractivity contribution is 8.76. The van der Waals surface area contributed by atoms with Crippen molar-refractivity contribution in [1.29, 1.82) is 5.41 Å². The summed E-state index contributed by atoms with van der Waals surface area (Å²) in [4.78, 5) is 115. The summed E-state index contributed by atoms with van der Waals surface area (Å²) in [5.41, 5.74) is 11.4. The van der Waals surface area contributed by atoms with E-state index in [0.717, 1.165) is 0 Å². The number of amides is 4. The molecular formula is C34H45N13O11S2. The molecule has 0 fully saturated rings. The summed E-state index contributed by atoms with van der Waals surface area (Å²) in [5, 5.41) is 50.9. The van der Waals surface area contributed by atoms with Gasteiger partial charge in [0.1, 0.15) is 24.2 Å². The number of guanidine groups is 1. The molecule has 0 saturated heterocycles. The second-order valence-corrected chi connectivity index (χ2v) is 15.5. The van der Waals surface area contributed by atoms with Crippen LogP contribution in [0.3, 0.4) is 0 Å². The lowest BCUT2D eigenvalue weighted by molar-refractivity contribution is -0.143. The standard InChI is InChI=1S/C34H45N13O11S2/c1-2-59-60-15-22(32(57)58)45-29(53)21(12-24(49)50)44-28(52)19(4-3-11-38-33(35)36)42-23(48)10-9-20(31(55)56)43-27(51)16-5-7-17(8-6-16)39-13-18-14-40-26-25(41-18)30(54)47-34(37)46-26/h5-8,14,19-22,39H,2-4,9-13,15H2,1H3,(H,42,48)(H,43,51)(H,44,52)(H,45,53)(H,49,50)(H,55,56)(H,57,58)(H4,35,36,38)(H3,37,40,46,47,54)/t19-,20-,21-,22-/m0/s1. The number of aromatic nitrogens is 4. The summed E-state index contributed by atoms with van der Waals surface area (Å²) in [6.07, 6.45) is -0.421. The Hall–Kier alpha value is -6.70. The van der Waals surface area contributed by atoms with E-state index in [4.69, 9.17) is 16.9 Å². The van der Waals surface area contributed by atoms with Gasteiger partial charge in [-0.25, -0.2) is 19.6 Å². The van der Waals surface area contributed by atoms with Crippen molar-refractivity contribution >= 4 is 91.9 Å². The molecule has 0 unspecified atom stereocenters. The second kappa shape index (κ2) is 23.6. The molecule has 0 aliphatic heterocycles. The van der Waals surface area contributed by atoms with Crippen molar-refractivity contribution in [3.05, 3.63) is 52.1 Å². The Morgan fingerprint density at radius 2 is 1.53 bits per heavy atom. The van der Waals surface area contributed by atoms with Gasteiger partial charge in [-0.1, -0.05) is 28.5 Å². The number of hydrogen-bond acceptors (Lipinski definition) is 16. The number of fused-ring (bicyclic) bond motifs is 1. The summed E-state index contributed by atoms with van der Waals surface area (Å²) in [5.74, 6) is -7.88. The first-order valence-corrected chi connectivity index (χ1v) is 20.5. The first-order chi connectivity index (χ1) is 28.5. The van der Waals surface area contributed by atoms with E-state index in [1.54, 1.807) is 12.1 Å². The zero-order valence-electron chi connectivity index (χ0n) is 32.0. The quantitative estimate of drug-likeness (QED) is 0.0200. The van der Waals surface area contributed by atoms with Crippen LogP contribution in [0.25, 0.3) is 11.2 Å². The third-order valence-electron chi connectivity index (χ3n) is 8.07. The van der Waals surface area contributed by atoms with Crippen LogP contribution in [-0.2, 0) is 35.3 Å². The van der Waals surface area contributed by atoms with Crippen LogP contribution in [-0.4, -0.2) is 125 Å². The number of carboxylic acids is 3. The lowest BCUT2D eigenvalue weighted by Gasteiger charge is -2.24. The molecule has 15 N–H and O–H groups in total. The van der Waals surface area contributed by atoms with Crippen molar-refractivity contribution in [2.75, 3.05) is 29.1 Å². The topological polar surface area (TPSA) is 400 Å². The van der Waals surface area contributed by atoms with Gasteiger partial charge in [-0.15, -0.1) is 0 Å². The molecule has 0 aliphatic carbocycles. The van der Waals surface area contributed by atoms with Gasteiger partial charge in [0.25, 0.3) is 11.5 Å². The van der Waals surface area contributed by atoms with Gasteiger partial charge in [0.05, 0.1) is 24.9 Å². The average molecular weight is 876 g/mol. The normalized spacial score (nSPS) is 12.8. The number of anilines is 2. The minimum absolute atomic E-state index is 0.00167. The largest absolute Gasteiger partial charge is 0.481 e. The molecule has 60 heavy (non-hydrogen) atoms. The van der Waals surface area contributed by atoms with E-state index in [2.05, 4.69) is 51.8 Å². The number of nitrogens with one attached hydrogen (secondary N) is 8. The maximum atomic E-state index is 13.4. The van der Waals surface area contributed by atoms with Gasteiger partial charge in [-0.05, 0) is 43.5 Å². The molecule has 0 aliphatic rings. The number of H-pyrrole nitrogens is 1. The van der Waals surface area contributed by atoms with Gasteiger partial charge in [-0.3, -0.25) is 39.2 Å². The van der Waals surface area contributed by atoms with Crippen LogP contribution in [0.4, 0.5) is 11.6 Å². The molecule has 3 aromatic rings. The molecular weight excluding hydrogens is 831 g/mol. The summed E-state index contributed by atoms with van der Waals surface area (Å²) in [6.45, 7) is 2.07. The number of nitrogens with zero attached hydrogens (tertiary/aromatic N) is 3. The number of carbonyl (C=O) groups is 7. The summed E-state index contributed by atoms with van der Waals surface area (Å²) < 4.78 is 0. The van der Waals surface area contributed by atoms with E-state index >= 15 is 0 Å². The van der Waals surface area contributed by atoms with Crippen LogP contribution in [0, 0.1) is 5.41 Å². The molecule has 0 spiro atoms. The molecule has 0 radical (unpaired) electrons. The molecule has 24 nitrogen and oxygen atoms in total.